The predicted octanol–water partition coefficient (Wildman–Crippen LogP) is 5.02. The zero-order valence-corrected chi connectivity index (χ0v) is 13.0. The van der Waals surface area contributed by atoms with Crippen molar-refractivity contribution in [1.29, 1.82) is 0 Å². The van der Waals surface area contributed by atoms with Crippen molar-refractivity contribution in [2.75, 3.05) is 0 Å². The second kappa shape index (κ2) is 5.62. The van der Waals surface area contributed by atoms with Crippen LogP contribution in [-0.2, 0) is 12.8 Å². The fraction of sp³-hybridized carbons (Fsp3) is 0.400. The molecule has 22 heavy (non-hydrogen) atoms. The van der Waals surface area contributed by atoms with Crippen LogP contribution in [0, 0.1) is 0 Å². The molecule has 0 bridgehead atoms. The molecular weight excluding hydrogens is 268 g/mol. The van der Waals surface area contributed by atoms with Gasteiger partial charge in [0.1, 0.15) is 5.82 Å². The van der Waals surface area contributed by atoms with Crippen molar-refractivity contribution in [3.8, 4) is 11.4 Å². The summed E-state index contributed by atoms with van der Waals surface area (Å²) in [6, 6.07) is 6.71. The van der Waals surface area contributed by atoms with Crippen LogP contribution < -0.4 is 0 Å². The van der Waals surface area contributed by atoms with Gasteiger partial charge in [-0.1, -0.05) is 25.1 Å². The summed E-state index contributed by atoms with van der Waals surface area (Å²) < 4.78 is 0. The lowest BCUT2D eigenvalue weighted by Crippen LogP contribution is -2.10. The molecule has 0 saturated heterocycles. The van der Waals surface area contributed by atoms with Crippen LogP contribution in [0.4, 0.5) is 0 Å². The summed E-state index contributed by atoms with van der Waals surface area (Å²) in [5, 5.41) is 0. The largest absolute Gasteiger partial charge is 0.342 e. The van der Waals surface area contributed by atoms with Crippen molar-refractivity contribution in [2.24, 2.45) is 0 Å². The average molecular weight is 290 g/mol. The maximum atomic E-state index is 4.92. The number of aryl methyl sites for hydroxylation is 2. The monoisotopic (exact) mass is 290 g/mol. The van der Waals surface area contributed by atoms with Gasteiger partial charge in [0.15, 0.2) is 0 Å². The highest BCUT2D eigenvalue weighted by atomic mass is 14.9. The molecule has 2 nitrogen and oxygen atoms in total. The molecule has 2 aliphatic rings. The number of imidazole rings is 1. The highest BCUT2D eigenvalue weighted by Gasteiger charge is 2.24. The summed E-state index contributed by atoms with van der Waals surface area (Å²) in [5.41, 5.74) is 9.41. The van der Waals surface area contributed by atoms with E-state index in [9.17, 15) is 0 Å². The van der Waals surface area contributed by atoms with E-state index in [1.165, 1.54) is 54.6 Å². The topological polar surface area (TPSA) is 28.7 Å². The summed E-state index contributed by atoms with van der Waals surface area (Å²) in [6.07, 6.45) is 10.7. The molecule has 2 aromatic rings. The Kier molecular flexibility index (Phi) is 3.48. The molecule has 1 fully saturated rings. The van der Waals surface area contributed by atoms with E-state index in [1.807, 2.05) is 6.08 Å². The van der Waals surface area contributed by atoms with E-state index >= 15 is 0 Å². The van der Waals surface area contributed by atoms with E-state index in [-0.39, 0.29) is 0 Å². The smallest absolute Gasteiger partial charge is 0.138 e. The van der Waals surface area contributed by atoms with Crippen molar-refractivity contribution in [3.63, 3.8) is 0 Å². The first-order valence-electron chi connectivity index (χ1n) is 8.43. The Morgan fingerprint density at radius 2 is 2.05 bits per heavy atom. The summed E-state index contributed by atoms with van der Waals surface area (Å²) in [6.45, 7) is 3.69. The van der Waals surface area contributed by atoms with Crippen LogP contribution in [0.25, 0.3) is 17.5 Å². The highest BCUT2D eigenvalue weighted by Crippen LogP contribution is 2.41. The van der Waals surface area contributed by atoms with Crippen molar-refractivity contribution < 1.29 is 0 Å². The number of nitrogens with zero attached hydrogens (tertiary/aromatic N) is 1. The molecule has 1 aromatic carbocycles. The van der Waals surface area contributed by atoms with Gasteiger partial charge in [0.2, 0.25) is 0 Å². The van der Waals surface area contributed by atoms with Gasteiger partial charge in [0.25, 0.3) is 0 Å². The quantitative estimate of drug-likeness (QED) is 0.790. The molecule has 0 atom stereocenters. The molecule has 1 N–H and O–H groups in total. The molecule has 0 unspecified atom stereocenters. The molecule has 1 aromatic heterocycles. The normalized spacial score (nSPS) is 17.5. The Bertz CT molecular complexity index is 720. The fourth-order valence-corrected chi connectivity index (χ4v) is 3.64. The van der Waals surface area contributed by atoms with Crippen molar-refractivity contribution in [3.05, 3.63) is 53.0 Å². The first-order valence-corrected chi connectivity index (χ1v) is 8.43. The van der Waals surface area contributed by atoms with Crippen molar-refractivity contribution in [1.82, 2.24) is 9.97 Å². The first kappa shape index (κ1) is 13.6. The van der Waals surface area contributed by atoms with Crippen LogP contribution >= 0.6 is 0 Å². The zero-order valence-electron chi connectivity index (χ0n) is 13.0. The van der Waals surface area contributed by atoms with Crippen molar-refractivity contribution in [2.45, 2.75) is 50.9 Å². The molecule has 1 saturated carbocycles. The Hall–Kier alpha value is -2.05. The van der Waals surface area contributed by atoms with Gasteiger partial charge in [-0.25, -0.2) is 4.98 Å². The van der Waals surface area contributed by atoms with Crippen LogP contribution in [-0.4, -0.2) is 9.97 Å². The predicted molar refractivity (Wildman–Crippen MR) is 90.9 cm³/mol. The number of aromatic amines is 1. The van der Waals surface area contributed by atoms with Crippen LogP contribution in [0.15, 0.2) is 30.5 Å². The second-order valence-corrected chi connectivity index (χ2v) is 6.54. The van der Waals surface area contributed by atoms with E-state index in [0.29, 0.717) is 5.92 Å². The fourth-order valence-electron chi connectivity index (χ4n) is 3.64. The first-order chi connectivity index (χ1) is 10.8. The zero-order chi connectivity index (χ0) is 14.9. The van der Waals surface area contributed by atoms with Gasteiger partial charge in [-0.15, -0.1) is 5.73 Å². The maximum absolute atomic E-state index is 4.92. The summed E-state index contributed by atoms with van der Waals surface area (Å²) in [5.74, 6) is 1.77. The molecule has 0 aliphatic heterocycles. The van der Waals surface area contributed by atoms with E-state index in [2.05, 4.69) is 35.5 Å². The average Bonchev–Trinajstić information content (AvgIpc) is 2.91. The standard InChI is InChI=1S/C20H22N2/c1-2-6-14-11-12-16(15-7-5-8-15)17(13-14)20-21-18-9-3-4-10-19(18)22-20/h6,11-13,15H,1,3-5,7-10H2,(H,21,22). The summed E-state index contributed by atoms with van der Waals surface area (Å²) in [4.78, 5) is 8.52. The number of hydrogen-bond donors (Lipinski definition) is 1. The lowest BCUT2D eigenvalue weighted by Gasteiger charge is -2.27. The minimum atomic E-state index is 0.707. The van der Waals surface area contributed by atoms with E-state index < -0.39 is 0 Å². The number of nitrogens with one attached hydrogen (secondary N) is 1. The summed E-state index contributed by atoms with van der Waals surface area (Å²) in [7, 11) is 0. The van der Waals surface area contributed by atoms with Gasteiger partial charge < -0.3 is 4.98 Å². The number of rotatable bonds is 3. The van der Waals surface area contributed by atoms with Crippen LogP contribution in [0.2, 0.25) is 0 Å². The molecule has 2 heteroatoms. The maximum Gasteiger partial charge on any atom is 0.138 e. The molecule has 0 radical (unpaired) electrons. The third-order valence-electron chi connectivity index (χ3n) is 5.10. The Labute approximate surface area is 132 Å². The van der Waals surface area contributed by atoms with Gasteiger partial charge >= 0.3 is 0 Å². The van der Waals surface area contributed by atoms with E-state index in [0.717, 1.165) is 24.2 Å². The molecule has 112 valence electrons. The number of aromatic nitrogens is 2. The van der Waals surface area contributed by atoms with Crippen LogP contribution in [0.5, 0.6) is 0 Å². The van der Waals surface area contributed by atoms with Gasteiger partial charge in [-0.2, -0.15) is 0 Å². The van der Waals surface area contributed by atoms with Gasteiger partial charge in [0, 0.05) is 11.3 Å². The minimum Gasteiger partial charge on any atom is -0.342 e. The van der Waals surface area contributed by atoms with Crippen LogP contribution in [0.1, 0.15) is 60.5 Å². The number of H-pyrrole nitrogens is 1. The molecule has 0 spiro atoms. The van der Waals surface area contributed by atoms with E-state index in [1.54, 1.807) is 0 Å². The van der Waals surface area contributed by atoms with Crippen LogP contribution in [0.3, 0.4) is 0 Å². The molecule has 1 heterocycles. The third-order valence-corrected chi connectivity index (χ3v) is 5.10. The molecular formula is C20H22N2. The molecule has 2 aliphatic carbocycles. The van der Waals surface area contributed by atoms with Gasteiger partial charge in [0.05, 0.1) is 5.69 Å². The Balaban J connectivity index is 1.81. The second-order valence-electron chi connectivity index (χ2n) is 6.54. The number of hydrogen-bond acceptors (Lipinski definition) is 1. The highest BCUT2D eigenvalue weighted by molar-refractivity contribution is 5.67. The number of benzene rings is 1. The van der Waals surface area contributed by atoms with Gasteiger partial charge in [-0.05, 0) is 67.7 Å². The Morgan fingerprint density at radius 3 is 2.77 bits per heavy atom. The lowest BCUT2D eigenvalue weighted by atomic mass is 9.78. The SMILES string of the molecule is C=C=Cc1ccc(C2CCC2)c(-c2nc3c([nH]2)CCCC3)c1. The van der Waals surface area contributed by atoms with Gasteiger partial charge in [-0.3, -0.25) is 0 Å². The van der Waals surface area contributed by atoms with Crippen molar-refractivity contribution >= 4 is 6.08 Å². The number of fused-ring (bicyclic) bond motifs is 1. The third kappa shape index (κ3) is 2.34. The summed E-state index contributed by atoms with van der Waals surface area (Å²) >= 11 is 0. The Morgan fingerprint density at radius 1 is 1.18 bits per heavy atom. The molecule has 0 amide bonds. The minimum absolute atomic E-state index is 0.707. The lowest BCUT2D eigenvalue weighted by molar-refractivity contribution is 0.420. The van der Waals surface area contributed by atoms with E-state index in [4.69, 9.17) is 4.98 Å². The molecule has 4 rings (SSSR count).